The number of methoxy groups -OCH3 is 1. The number of sulfone groups is 1. The van der Waals surface area contributed by atoms with Gasteiger partial charge in [-0.2, -0.15) is 0 Å². The van der Waals surface area contributed by atoms with Crippen molar-refractivity contribution in [2.75, 3.05) is 20.4 Å². The summed E-state index contributed by atoms with van der Waals surface area (Å²) in [5.74, 6) is 0.763. The van der Waals surface area contributed by atoms with Crippen molar-refractivity contribution >= 4 is 39.8 Å². The predicted molar refractivity (Wildman–Crippen MR) is 120 cm³/mol. The molecule has 9 heteroatoms. The normalized spacial score (nSPS) is 11.5. The van der Waals surface area contributed by atoms with Crippen molar-refractivity contribution in [2.24, 2.45) is 4.99 Å². The van der Waals surface area contributed by atoms with Gasteiger partial charge in [-0.15, -0.1) is 24.0 Å². The summed E-state index contributed by atoms with van der Waals surface area (Å²) in [6, 6.07) is 11.7. The van der Waals surface area contributed by atoms with Crippen LogP contribution in [0.25, 0.3) is 0 Å². The van der Waals surface area contributed by atoms with Crippen LogP contribution < -0.4 is 15.4 Å². The van der Waals surface area contributed by atoms with Crippen molar-refractivity contribution in [3.63, 3.8) is 0 Å². The number of nitrogens with zero attached hydrogens (tertiary/aromatic N) is 1. The van der Waals surface area contributed by atoms with E-state index in [1.807, 2.05) is 24.3 Å². The van der Waals surface area contributed by atoms with Crippen molar-refractivity contribution in [3.05, 3.63) is 65.0 Å². The second kappa shape index (κ2) is 11.2. The number of hydrogen-bond acceptors (Lipinski definition) is 4. The fraction of sp³-hybridized carbons (Fsp3) is 0.316. The second-order valence-corrected chi connectivity index (χ2v) is 8.25. The van der Waals surface area contributed by atoms with E-state index in [1.165, 1.54) is 18.2 Å². The third-order valence-electron chi connectivity index (χ3n) is 3.87. The van der Waals surface area contributed by atoms with Gasteiger partial charge in [0.15, 0.2) is 15.8 Å². The summed E-state index contributed by atoms with van der Waals surface area (Å²) in [5.41, 5.74) is 2.19. The van der Waals surface area contributed by atoms with Gasteiger partial charge in [-0.05, 0) is 41.0 Å². The minimum atomic E-state index is -3.22. The quantitative estimate of drug-likeness (QED) is 0.333. The average Bonchev–Trinajstić information content (AvgIpc) is 2.63. The molecule has 0 bridgehead atoms. The third-order valence-corrected chi connectivity index (χ3v) is 4.71. The van der Waals surface area contributed by atoms with Gasteiger partial charge >= 0.3 is 0 Å². The van der Waals surface area contributed by atoms with Crippen LogP contribution in [0.15, 0.2) is 47.5 Å². The van der Waals surface area contributed by atoms with Gasteiger partial charge in [-0.1, -0.05) is 18.2 Å². The molecular formula is C19H25FIN3O3S. The summed E-state index contributed by atoms with van der Waals surface area (Å²) in [5, 5.41) is 6.25. The number of ether oxygens (including phenoxy) is 1. The van der Waals surface area contributed by atoms with Crippen LogP contribution in [0.1, 0.15) is 16.7 Å². The Bertz CT molecular complexity index is 903. The van der Waals surface area contributed by atoms with Crippen molar-refractivity contribution < 1.29 is 17.5 Å². The fourth-order valence-electron chi connectivity index (χ4n) is 2.51. The molecule has 0 unspecified atom stereocenters. The smallest absolute Gasteiger partial charge is 0.191 e. The first kappa shape index (κ1) is 24.2. The molecule has 2 N–H and O–H groups in total. The van der Waals surface area contributed by atoms with E-state index in [1.54, 1.807) is 14.2 Å². The zero-order valence-corrected chi connectivity index (χ0v) is 19.2. The Morgan fingerprint density at radius 2 is 1.71 bits per heavy atom. The van der Waals surface area contributed by atoms with Gasteiger partial charge in [-0.25, -0.2) is 12.8 Å². The van der Waals surface area contributed by atoms with Gasteiger partial charge in [0.1, 0.15) is 11.6 Å². The largest absolute Gasteiger partial charge is 0.497 e. The Morgan fingerprint density at radius 1 is 1.07 bits per heavy atom. The maximum Gasteiger partial charge on any atom is 0.191 e. The van der Waals surface area contributed by atoms with Gasteiger partial charge in [0.2, 0.25) is 0 Å². The number of aliphatic imine (C=N–C) groups is 1. The first-order valence-corrected chi connectivity index (χ1v) is 10.4. The first-order valence-electron chi connectivity index (χ1n) is 8.33. The Kier molecular flexibility index (Phi) is 9.66. The number of guanidine groups is 1. The molecule has 0 fully saturated rings. The number of rotatable bonds is 7. The highest BCUT2D eigenvalue weighted by Gasteiger charge is 2.11. The molecule has 0 heterocycles. The van der Waals surface area contributed by atoms with Crippen molar-refractivity contribution in [3.8, 4) is 5.75 Å². The fourth-order valence-corrected chi connectivity index (χ4v) is 3.36. The molecule has 0 amide bonds. The highest BCUT2D eigenvalue weighted by atomic mass is 127. The first-order chi connectivity index (χ1) is 12.8. The molecule has 0 aliphatic carbocycles. The number of nitrogens with one attached hydrogen (secondary N) is 2. The Balaban J connectivity index is 0.00000392. The molecule has 0 aromatic heterocycles. The lowest BCUT2D eigenvalue weighted by molar-refractivity contribution is 0.414. The second-order valence-electron chi connectivity index (χ2n) is 6.11. The molecule has 6 nitrogen and oxygen atoms in total. The molecule has 2 aromatic rings. The summed E-state index contributed by atoms with van der Waals surface area (Å²) >= 11 is 0. The standard InChI is InChI=1S/C19H24FN3O3S.HI/c1-21-19(22-11-14-4-8-18(26-2)9-5-14)23-12-16-10-17(20)7-6-15(16)13-27(3,24)25;/h4-10H,11-13H2,1-3H3,(H2,21,22,23);1H. The van der Waals surface area contributed by atoms with Crippen LogP contribution in [0.5, 0.6) is 5.75 Å². The van der Waals surface area contributed by atoms with E-state index >= 15 is 0 Å². The molecule has 0 saturated carbocycles. The lowest BCUT2D eigenvalue weighted by Crippen LogP contribution is -2.36. The Morgan fingerprint density at radius 3 is 2.29 bits per heavy atom. The average molecular weight is 521 g/mol. The molecule has 0 atom stereocenters. The van der Waals surface area contributed by atoms with Crippen LogP contribution >= 0.6 is 24.0 Å². The van der Waals surface area contributed by atoms with Gasteiger partial charge < -0.3 is 15.4 Å². The number of hydrogen-bond donors (Lipinski definition) is 2. The molecule has 0 aliphatic heterocycles. The topological polar surface area (TPSA) is 79.8 Å². The third kappa shape index (κ3) is 8.01. The molecule has 0 saturated heterocycles. The molecule has 2 aromatic carbocycles. The summed E-state index contributed by atoms with van der Waals surface area (Å²) in [6.45, 7) is 0.800. The van der Waals surface area contributed by atoms with Gasteiger partial charge in [0, 0.05) is 26.4 Å². The van der Waals surface area contributed by atoms with Gasteiger partial charge in [-0.3, -0.25) is 4.99 Å². The molecule has 28 heavy (non-hydrogen) atoms. The number of benzene rings is 2. The highest BCUT2D eigenvalue weighted by Crippen LogP contribution is 2.14. The van der Waals surface area contributed by atoms with E-state index in [4.69, 9.17) is 4.74 Å². The molecule has 0 aliphatic rings. The van der Waals surface area contributed by atoms with E-state index < -0.39 is 15.7 Å². The van der Waals surface area contributed by atoms with E-state index in [0.717, 1.165) is 17.6 Å². The summed E-state index contributed by atoms with van der Waals surface area (Å²) in [6.07, 6.45) is 1.16. The number of halogens is 2. The molecule has 0 radical (unpaired) electrons. The van der Waals surface area contributed by atoms with Crippen LogP contribution in [0.4, 0.5) is 4.39 Å². The van der Waals surface area contributed by atoms with Crippen LogP contribution in [0, 0.1) is 5.82 Å². The van der Waals surface area contributed by atoms with Crippen molar-refractivity contribution in [2.45, 2.75) is 18.8 Å². The summed E-state index contributed by atoms with van der Waals surface area (Å²) < 4.78 is 41.9. The zero-order valence-electron chi connectivity index (χ0n) is 16.0. The maximum absolute atomic E-state index is 13.6. The van der Waals surface area contributed by atoms with Gasteiger partial charge in [0.05, 0.1) is 12.9 Å². The maximum atomic E-state index is 13.6. The zero-order chi connectivity index (χ0) is 19.9. The minimum absolute atomic E-state index is 0. The molecular weight excluding hydrogens is 496 g/mol. The van der Waals surface area contributed by atoms with E-state index in [2.05, 4.69) is 15.6 Å². The lowest BCUT2D eigenvalue weighted by atomic mass is 10.1. The minimum Gasteiger partial charge on any atom is -0.497 e. The molecule has 0 spiro atoms. The van der Waals surface area contributed by atoms with Crippen molar-refractivity contribution in [1.29, 1.82) is 0 Å². The van der Waals surface area contributed by atoms with Crippen LogP contribution in [-0.2, 0) is 28.7 Å². The lowest BCUT2D eigenvalue weighted by Gasteiger charge is -2.14. The Hall–Kier alpha value is -1.88. The van der Waals surface area contributed by atoms with Crippen LogP contribution in [0.2, 0.25) is 0 Å². The van der Waals surface area contributed by atoms with E-state index in [0.29, 0.717) is 23.6 Å². The SMILES string of the molecule is CN=C(NCc1ccc(OC)cc1)NCc1cc(F)ccc1CS(C)(=O)=O.I. The van der Waals surface area contributed by atoms with Crippen LogP contribution in [0.3, 0.4) is 0 Å². The Labute approximate surface area is 182 Å². The van der Waals surface area contributed by atoms with Crippen molar-refractivity contribution in [1.82, 2.24) is 10.6 Å². The van der Waals surface area contributed by atoms with E-state index in [9.17, 15) is 12.8 Å². The summed E-state index contributed by atoms with van der Waals surface area (Å²) in [7, 11) is 0.0308. The molecule has 2 rings (SSSR count). The monoisotopic (exact) mass is 521 g/mol. The van der Waals surface area contributed by atoms with E-state index in [-0.39, 0.29) is 36.3 Å². The summed E-state index contributed by atoms with van der Waals surface area (Å²) in [4.78, 5) is 4.14. The predicted octanol–water partition coefficient (Wildman–Crippen LogP) is 2.86. The molecule has 154 valence electrons. The van der Waals surface area contributed by atoms with Crippen LogP contribution in [-0.4, -0.2) is 34.8 Å². The highest BCUT2D eigenvalue weighted by molar-refractivity contribution is 14.0. The van der Waals surface area contributed by atoms with Gasteiger partial charge in [0.25, 0.3) is 0 Å².